The summed E-state index contributed by atoms with van der Waals surface area (Å²) >= 11 is 6.42. The Balaban J connectivity index is 0.000000201. The number of fused-ring (bicyclic) bond motifs is 2. The fourth-order valence-corrected chi connectivity index (χ4v) is 7.40. The molecule has 2 aliphatic heterocycles. The average molecular weight is 751 g/mol. The van der Waals surface area contributed by atoms with E-state index in [1.807, 2.05) is 70.9 Å². The standard InChI is InChI=1S/C21H30N4O2.C18H25ClN4O2.CH4/c1-13-14(2)22-18-12-16(23-25(18)19(13)15-9-10-15)17-8-6-7-11-24(17)20(26)27-21(3,4)5;1-11-12(2)20-15-10-13(21-23(15)16(11)19)14-8-6-7-9-22(14)17(24)25-18(3,4)5;/h12,15,17H,6-11H2,1-5H3;10,14H,6-9H2,1-5H3;1H4/t17-;14-;/m00./s1. The molecule has 2 amide bonds. The SMILES string of the molecule is C.Cc1nc2cc([C@@H]3CCCCN3C(=O)OC(C)(C)C)nn2c(C2CC2)c1C.Cc1nc2cc([C@@H]3CCCCN3C(=O)OC(C)(C)C)nn2c(Cl)c1C. The topological polar surface area (TPSA) is 119 Å². The smallest absolute Gasteiger partial charge is 0.410 e. The first-order valence-corrected chi connectivity index (χ1v) is 19.2. The molecule has 1 aliphatic carbocycles. The Kier molecular flexibility index (Phi) is 11.7. The summed E-state index contributed by atoms with van der Waals surface area (Å²) in [6.45, 7) is 20.8. The molecule has 7 rings (SSSR count). The number of hydrogen-bond acceptors (Lipinski definition) is 8. The molecule has 6 heterocycles. The number of piperidine rings is 2. The fourth-order valence-electron chi connectivity index (χ4n) is 7.14. The largest absolute Gasteiger partial charge is 0.444 e. The maximum absolute atomic E-state index is 12.8. The van der Waals surface area contributed by atoms with Gasteiger partial charge in [-0.05, 0) is 126 Å². The van der Waals surface area contributed by atoms with Gasteiger partial charge in [0.15, 0.2) is 11.3 Å². The highest BCUT2D eigenvalue weighted by Crippen LogP contribution is 2.42. The molecular weight excluding hydrogens is 692 g/mol. The van der Waals surface area contributed by atoms with E-state index in [0.29, 0.717) is 29.8 Å². The molecule has 4 aromatic heterocycles. The van der Waals surface area contributed by atoms with Crippen LogP contribution in [0, 0.1) is 27.7 Å². The summed E-state index contributed by atoms with van der Waals surface area (Å²) < 4.78 is 14.9. The third-order valence-corrected chi connectivity index (χ3v) is 10.5. The van der Waals surface area contributed by atoms with Crippen LogP contribution in [0.4, 0.5) is 9.59 Å². The summed E-state index contributed by atoms with van der Waals surface area (Å²) in [5.41, 5.74) is 7.74. The van der Waals surface area contributed by atoms with E-state index in [4.69, 9.17) is 31.2 Å². The fraction of sp³-hybridized carbons (Fsp3) is 0.650. The number of nitrogens with zero attached hydrogens (tertiary/aromatic N) is 8. The lowest BCUT2D eigenvalue weighted by Crippen LogP contribution is -2.42. The van der Waals surface area contributed by atoms with Crippen molar-refractivity contribution in [2.75, 3.05) is 13.1 Å². The van der Waals surface area contributed by atoms with Gasteiger partial charge in [-0.25, -0.2) is 28.6 Å². The van der Waals surface area contributed by atoms with Gasteiger partial charge in [-0.3, -0.25) is 9.80 Å². The molecule has 0 radical (unpaired) electrons. The number of ether oxygens (including phenoxy) is 2. The summed E-state index contributed by atoms with van der Waals surface area (Å²) in [6, 6.07) is 3.84. The van der Waals surface area contributed by atoms with Gasteiger partial charge in [0, 0.05) is 48.1 Å². The summed E-state index contributed by atoms with van der Waals surface area (Å²) in [4.78, 5) is 38.3. The molecule has 4 aromatic rings. The second-order valence-electron chi connectivity index (χ2n) is 16.6. The molecular formula is C40H59ClN8O4. The number of hydrogen-bond donors (Lipinski definition) is 0. The van der Waals surface area contributed by atoms with E-state index in [1.165, 1.54) is 24.1 Å². The van der Waals surface area contributed by atoms with Crippen molar-refractivity contribution < 1.29 is 19.1 Å². The number of aryl methyl sites for hydroxylation is 2. The molecule has 0 unspecified atom stereocenters. The van der Waals surface area contributed by atoms with Crippen LogP contribution in [0.5, 0.6) is 0 Å². The summed E-state index contributed by atoms with van der Waals surface area (Å²) in [5, 5.41) is 10.1. The second-order valence-corrected chi connectivity index (χ2v) is 17.0. The van der Waals surface area contributed by atoms with Crippen LogP contribution in [0.25, 0.3) is 11.3 Å². The molecule has 3 fully saturated rings. The molecule has 1 saturated carbocycles. The van der Waals surface area contributed by atoms with Crippen LogP contribution < -0.4 is 0 Å². The Labute approximate surface area is 319 Å². The minimum atomic E-state index is -0.517. The zero-order valence-corrected chi connectivity index (χ0v) is 33.3. The highest BCUT2D eigenvalue weighted by atomic mass is 35.5. The zero-order chi connectivity index (χ0) is 37.7. The van der Waals surface area contributed by atoms with Gasteiger partial charge in [0.05, 0.1) is 29.2 Å². The van der Waals surface area contributed by atoms with Gasteiger partial charge < -0.3 is 9.47 Å². The first-order chi connectivity index (χ1) is 24.4. The zero-order valence-electron chi connectivity index (χ0n) is 32.5. The molecule has 13 heteroatoms. The van der Waals surface area contributed by atoms with Crippen LogP contribution in [-0.4, -0.2) is 75.5 Å². The average Bonchev–Trinajstić information content (AvgIpc) is 3.68. The van der Waals surface area contributed by atoms with E-state index in [2.05, 4.69) is 30.0 Å². The molecule has 290 valence electrons. The van der Waals surface area contributed by atoms with Crippen LogP contribution in [-0.2, 0) is 9.47 Å². The Morgan fingerprint density at radius 2 is 1.11 bits per heavy atom. The number of halogens is 1. The van der Waals surface area contributed by atoms with Crippen LogP contribution in [0.1, 0.15) is 158 Å². The first-order valence-electron chi connectivity index (χ1n) is 18.8. The molecule has 0 bridgehead atoms. The van der Waals surface area contributed by atoms with E-state index in [9.17, 15) is 9.59 Å². The quantitative estimate of drug-likeness (QED) is 0.190. The van der Waals surface area contributed by atoms with E-state index in [0.717, 1.165) is 72.5 Å². The number of aromatic nitrogens is 6. The van der Waals surface area contributed by atoms with Gasteiger partial charge in [-0.1, -0.05) is 19.0 Å². The number of amides is 2. The second kappa shape index (κ2) is 15.4. The summed E-state index contributed by atoms with van der Waals surface area (Å²) in [7, 11) is 0. The van der Waals surface area contributed by atoms with Gasteiger partial charge >= 0.3 is 12.2 Å². The van der Waals surface area contributed by atoms with Crippen molar-refractivity contribution in [1.82, 2.24) is 39.0 Å². The van der Waals surface area contributed by atoms with E-state index < -0.39 is 11.2 Å². The Morgan fingerprint density at radius 3 is 1.57 bits per heavy atom. The number of carbonyl (C=O) groups excluding carboxylic acids is 2. The van der Waals surface area contributed by atoms with Crippen LogP contribution >= 0.6 is 11.6 Å². The predicted molar refractivity (Wildman–Crippen MR) is 208 cm³/mol. The molecule has 3 aliphatic rings. The van der Waals surface area contributed by atoms with Crippen molar-refractivity contribution >= 4 is 35.1 Å². The van der Waals surface area contributed by atoms with Crippen molar-refractivity contribution in [3.63, 3.8) is 0 Å². The minimum absolute atomic E-state index is 0. The highest BCUT2D eigenvalue weighted by molar-refractivity contribution is 6.30. The molecule has 12 nitrogen and oxygen atoms in total. The maximum atomic E-state index is 12.8. The van der Waals surface area contributed by atoms with Gasteiger partial charge in [-0.2, -0.15) is 10.2 Å². The predicted octanol–water partition coefficient (Wildman–Crippen LogP) is 9.78. The molecule has 2 atom stereocenters. The van der Waals surface area contributed by atoms with Crippen LogP contribution in [0.15, 0.2) is 12.1 Å². The highest BCUT2D eigenvalue weighted by Gasteiger charge is 2.36. The monoisotopic (exact) mass is 750 g/mol. The van der Waals surface area contributed by atoms with E-state index in [1.54, 1.807) is 9.42 Å². The Bertz CT molecular complexity index is 1970. The first kappa shape index (κ1) is 40.3. The van der Waals surface area contributed by atoms with Gasteiger partial charge in [0.1, 0.15) is 16.4 Å². The van der Waals surface area contributed by atoms with Gasteiger partial charge in [0.2, 0.25) is 0 Å². The van der Waals surface area contributed by atoms with Crippen molar-refractivity contribution in [1.29, 1.82) is 0 Å². The van der Waals surface area contributed by atoms with Crippen molar-refractivity contribution in [3.05, 3.63) is 56.9 Å². The van der Waals surface area contributed by atoms with Crippen LogP contribution in [0.2, 0.25) is 5.15 Å². The lowest BCUT2D eigenvalue weighted by Gasteiger charge is -2.35. The van der Waals surface area contributed by atoms with Crippen molar-refractivity contribution in [3.8, 4) is 0 Å². The molecule has 0 spiro atoms. The Morgan fingerprint density at radius 1 is 0.679 bits per heavy atom. The summed E-state index contributed by atoms with van der Waals surface area (Å²) in [6.07, 6.45) is 7.82. The third-order valence-electron chi connectivity index (χ3n) is 10.1. The van der Waals surface area contributed by atoms with Gasteiger partial charge in [0.25, 0.3) is 0 Å². The van der Waals surface area contributed by atoms with E-state index in [-0.39, 0.29) is 31.7 Å². The molecule has 0 N–H and O–H groups in total. The Hall–Kier alpha value is -3.93. The lowest BCUT2D eigenvalue weighted by molar-refractivity contribution is 0.00800. The molecule has 0 aromatic carbocycles. The maximum Gasteiger partial charge on any atom is 0.410 e. The number of likely N-dealkylation sites (tertiary alicyclic amines) is 2. The molecule has 2 saturated heterocycles. The van der Waals surface area contributed by atoms with E-state index >= 15 is 0 Å². The number of carbonyl (C=O) groups is 2. The molecule has 53 heavy (non-hydrogen) atoms. The lowest BCUT2D eigenvalue weighted by atomic mass is 10.00. The van der Waals surface area contributed by atoms with Crippen LogP contribution in [0.3, 0.4) is 0 Å². The van der Waals surface area contributed by atoms with Gasteiger partial charge in [-0.15, -0.1) is 0 Å². The van der Waals surface area contributed by atoms with Crippen molar-refractivity contribution in [2.24, 2.45) is 0 Å². The summed E-state index contributed by atoms with van der Waals surface area (Å²) in [5.74, 6) is 0.593. The number of rotatable bonds is 3. The normalized spacial score (nSPS) is 19.5. The minimum Gasteiger partial charge on any atom is -0.444 e. The third kappa shape index (κ3) is 8.90. The van der Waals surface area contributed by atoms with Crippen molar-refractivity contribution in [2.45, 2.75) is 157 Å².